The van der Waals surface area contributed by atoms with Gasteiger partial charge in [-0.2, -0.15) is 0 Å². The third-order valence-corrected chi connectivity index (χ3v) is 5.70. The van der Waals surface area contributed by atoms with E-state index in [0.29, 0.717) is 23.1 Å². The fourth-order valence-corrected chi connectivity index (χ4v) is 4.16. The average Bonchev–Trinajstić information content (AvgIpc) is 2.84. The number of carbonyl (C=O) groups is 2. The van der Waals surface area contributed by atoms with Crippen LogP contribution in [0.25, 0.3) is 0 Å². The minimum absolute atomic E-state index is 0.192. The molecule has 27 heavy (non-hydrogen) atoms. The number of hydrogen-bond acceptors (Lipinski definition) is 7. The van der Waals surface area contributed by atoms with Crippen molar-refractivity contribution >= 4 is 37.7 Å². The number of ketones is 1. The van der Waals surface area contributed by atoms with Crippen molar-refractivity contribution in [2.45, 2.75) is 25.9 Å². The molecule has 0 aliphatic carbocycles. The molecule has 1 heterocycles. The molecule has 1 aliphatic rings. The molecule has 148 valence electrons. The number of halogens is 1. The van der Waals surface area contributed by atoms with Gasteiger partial charge in [-0.15, -0.1) is 0 Å². The van der Waals surface area contributed by atoms with Crippen LogP contribution in [0.2, 0.25) is 0 Å². The molecule has 0 radical (unpaired) electrons. The van der Waals surface area contributed by atoms with Crippen LogP contribution in [0.5, 0.6) is 5.75 Å². The lowest BCUT2D eigenvalue weighted by molar-refractivity contribution is -0.142. The van der Waals surface area contributed by atoms with E-state index in [9.17, 15) is 18.0 Å². The first-order valence-electron chi connectivity index (χ1n) is 8.00. The Bertz CT molecular complexity index is 881. The highest BCUT2D eigenvalue weighted by molar-refractivity contribution is 9.09. The average molecular weight is 462 g/mol. The summed E-state index contributed by atoms with van der Waals surface area (Å²) in [5.74, 6) is -2.03. The quantitative estimate of drug-likeness (QED) is 0.465. The Labute approximate surface area is 166 Å². The number of sulfonamides is 1. The number of methoxy groups -OCH3 is 1. The molecule has 1 aromatic carbocycles. The Morgan fingerprint density at radius 2 is 2.07 bits per heavy atom. The second-order valence-corrected chi connectivity index (χ2v) is 8.55. The van der Waals surface area contributed by atoms with Crippen molar-refractivity contribution in [1.29, 1.82) is 0 Å². The summed E-state index contributed by atoms with van der Waals surface area (Å²) in [4.78, 5) is 24.3. The van der Waals surface area contributed by atoms with E-state index < -0.39 is 39.0 Å². The van der Waals surface area contributed by atoms with Gasteiger partial charge in [0.1, 0.15) is 5.75 Å². The molecule has 0 spiro atoms. The van der Waals surface area contributed by atoms with Crippen molar-refractivity contribution in [2.75, 3.05) is 18.2 Å². The minimum Gasteiger partial charge on any atom is -0.497 e. The standard InChI is InChI=1S/C17H20BrNO7S/c1-11(20)25-14-15(21)17(2,12-6-4-7-13(10-12)24-3)26-16(14)19-27(22,23)9-5-8-18/h4,6-7,10,19H,5,8-9H2,1-3H3. The SMILES string of the molecule is COc1cccc(C2(C)OC(NS(=O)(=O)CCCBr)=C(OC(C)=O)C2=O)c1. The summed E-state index contributed by atoms with van der Waals surface area (Å²) in [5, 5.41) is 0.491. The van der Waals surface area contributed by atoms with Gasteiger partial charge in [0.15, 0.2) is 5.60 Å². The Morgan fingerprint density at radius 3 is 2.67 bits per heavy atom. The Kier molecular flexibility index (Phi) is 6.53. The Hall–Kier alpha value is -2.07. The molecule has 0 saturated heterocycles. The van der Waals surface area contributed by atoms with Gasteiger partial charge in [-0.05, 0) is 25.5 Å². The molecule has 0 bridgehead atoms. The van der Waals surface area contributed by atoms with E-state index in [0.717, 1.165) is 6.92 Å². The van der Waals surface area contributed by atoms with Crippen molar-refractivity contribution in [3.05, 3.63) is 41.5 Å². The molecule has 10 heteroatoms. The fraction of sp³-hybridized carbons (Fsp3) is 0.412. The third kappa shape index (κ3) is 4.81. The summed E-state index contributed by atoms with van der Waals surface area (Å²) >= 11 is 3.16. The lowest BCUT2D eigenvalue weighted by Gasteiger charge is -2.24. The molecule has 1 N–H and O–H groups in total. The normalized spacial score (nSPS) is 19.6. The maximum absolute atomic E-state index is 12.9. The summed E-state index contributed by atoms with van der Waals surface area (Å²) in [6, 6.07) is 6.58. The van der Waals surface area contributed by atoms with Crippen LogP contribution in [-0.2, 0) is 34.7 Å². The van der Waals surface area contributed by atoms with Crippen LogP contribution < -0.4 is 9.46 Å². The van der Waals surface area contributed by atoms with Gasteiger partial charge in [0.25, 0.3) is 5.78 Å². The molecule has 0 fully saturated rings. The van der Waals surface area contributed by atoms with Crippen LogP contribution in [0.15, 0.2) is 35.9 Å². The van der Waals surface area contributed by atoms with Gasteiger partial charge in [-0.25, -0.2) is 8.42 Å². The predicted molar refractivity (Wildman–Crippen MR) is 101 cm³/mol. The first kappa shape index (κ1) is 21.2. The van der Waals surface area contributed by atoms with Crippen molar-refractivity contribution in [1.82, 2.24) is 4.72 Å². The van der Waals surface area contributed by atoms with Crippen LogP contribution in [0.3, 0.4) is 0 Å². The molecule has 1 unspecified atom stereocenters. The van der Waals surface area contributed by atoms with E-state index in [4.69, 9.17) is 14.2 Å². The maximum atomic E-state index is 12.9. The highest BCUT2D eigenvalue weighted by Gasteiger charge is 2.50. The highest BCUT2D eigenvalue weighted by Crippen LogP contribution is 2.39. The molecule has 1 atom stereocenters. The first-order valence-corrected chi connectivity index (χ1v) is 10.8. The number of esters is 1. The number of hydrogen-bond donors (Lipinski definition) is 1. The number of benzene rings is 1. The van der Waals surface area contributed by atoms with Gasteiger partial charge >= 0.3 is 5.97 Å². The Morgan fingerprint density at radius 1 is 1.37 bits per heavy atom. The van der Waals surface area contributed by atoms with Crippen LogP contribution in [0.1, 0.15) is 25.8 Å². The van der Waals surface area contributed by atoms with Gasteiger partial charge in [-0.1, -0.05) is 28.1 Å². The summed E-state index contributed by atoms with van der Waals surface area (Å²) in [7, 11) is -2.32. The fourth-order valence-electron chi connectivity index (χ4n) is 2.47. The zero-order valence-electron chi connectivity index (χ0n) is 15.1. The number of nitrogens with one attached hydrogen (secondary N) is 1. The van der Waals surface area contributed by atoms with Crippen molar-refractivity contribution in [2.24, 2.45) is 0 Å². The van der Waals surface area contributed by atoms with Gasteiger partial charge in [-0.3, -0.25) is 14.3 Å². The van der Waals surface area contributed by atoms with Crippen LogP contribution in [0, 0.1) is 0 Å². The zero-order chi connectivity index (χ0) is 20.2. The van der Waals surface area contributed by atoms with Crippen molar-refractivity contribution in [3.63, 3.8) is 0 Å². The van der Waals surface area contributed by atoms with Gasteiger partial charge < -0.3 is 14.2 Å². The van der Waals surface area contributed by atoms with Gasteiger partial charge in [0, 0.05) is 17.8 Å². The molecule has 8 nitrogen and oxygen atoms in total. The summed E-state index contributed by atoms with van der Waals surface area (Å²) in [6.07, 6.45) is 0.354. The number of ether oxygens (including phenoxy) is 3. The van der Waals surface area contributed by atoms with E-state index in [1.54, 1.807) is 24.3 Å². The van der Waals surface area contributed by atoms with Gasteiger partial charge in [0.05, 0.1) is 12.9 Å². The maximum Gasteiger partial charge on any atom is 0.308 e. The largest absolute Gasteiger partial charge is 0.497 e. The van der Waals surface area contributed by atoms with Crippen molar-refractivity contribution < 1.29 is 32.2 Å². The molecule has 0 aromatic heterocycles. The highest BCUT2D eigenvalue weighted by atomic mass is 79.9. The lowest BCUT2D eigenvalue weighted by atomic mass is 9.91. The lowest BCUT2D eigenvalue weighted by Crippen LogP contribution is -2.33. The van der Waals surface area contributed by atoms with E-state index in [-0.39, 0.29) is 5.75 Å². The number of carbonyl (C=O) groups excluding carboxylic acids is 2. The third-order valence-electron chi connectivity index (χ3n) is 3.81. The van der Waals surface area contributed by atoms with E-state index in [2.05, 4.69) is 20.7 Å². The summed E-state index contributed by atoms with van der Waals surface area (Å²) < 4.78 is 42.4. The topological polar surface area (TPSA) is 108 Å². The summed E-state index contributed by atoms with van der Waals surface area (Å²) in [6.45, 7) is 2.58. The first-order chi connectivity index (χ1) is 12.6. The van der Waals surface area contributed by atoms with E-state index in [1.807, 2.05) is 0 Å². The monoisotopic (exact) mass is 461 g/mol. The number of alkyl halides is 1. The molecule has 1 aromatic rings. The molecule has 0 amide bonds. The Balaban J connectivity index is 2.42. The van der Waals surface area contributed by atoms with Crippen LogP contribution >= 0.6 is 15.9 Å². The van der Waals surface area contributed by atoms with E-state index >= 15 is 0 Å². The van der Waals surface area contributed by atoms with E-state index in [1.165, 1.54) is 14.0 Å². The van der Waals surface area contributed by atoms with Crippen molar-refractivity contribution in [3.8, 4) is 5.75 Å². The molecule has 0 saturated carbocycles. The second-order valence-electron chi connectivity index (χ2n) is 5.91. The number of Topliss-reactive ketones (excluding diaryl/α,β-unsaturated/α-hetero) is 1. The smallest absolute Gasteiger partial charge is 0.308 e. The van der Waals surface area contributed by atoms with Crippen LogP contribution in [-0.4, -0.2) is 38.4 Å². The second kappa shape index (κ2) is 8.30. The zero-order valence-corrected chi connectivity index (χ0v) is 17.5. The molecule has 1 aliphatic heterocycles. The number of rotatable bonds is 8. The molecular weight excluding hydrogens is 442 g/mol. The predicted octanol–water partition coefficient (Wildman–Crippen LogP) is 1.95. The minimum atomic E-state index is -3.80. The molecule has 2 rings (SSSR count). The van der Waals surface area contributed by atoms with Gasteiger partial charge in [0.2, 0.25) is 21.7 Å². The van der Waals surface area contributed by atoms with Crippen LogP contribution in [0.4, 0.5) is 0 Å². The summed E-state index contributed by atoms with van der Waals surface area (Å²) in [5.41, 5.74) is -1.15. The molecular formula is C17H20BrNO7S.